The Kier molecular flexibility index (Phi) is 4.76. The molecule has 1 saturated heterocycles. The lowest BCUT2D eigenvalue weighted by Crippen LogP contribution is -2.48. The number of hydrogen-bond donors (Lipinski definition) is 0. The van der Waals surface area contributed by atoms with E-state index in [2.05, 4.69) is 4.90 Å². The van der Waals surface area contributed by atoms with Gasteiger partial charge in [-0.05, 0) is 42.5 Å². The van der Waals surface area contributed by atoms with Crippen LogP contribution in [-0.2, 0) is 10.0 Å². The van der Waals surface area contributed by atoms with Gasteiger partial charge < -0.3 is 4.90 Å². The van der Waals surface area contributed by atoms with Crippen LogP contribution in [0.15, 0.2) is 53.4 Å². The van der Waals surface area contributed by atoms with Crippen LogP contribution < -0.4 is 4.90 Å². The summed E-state index contributed by atoms with van der Waals surface area (Å²) >= 11 is 6.01. The van der Waals surface area contributed by atoms with Crippen molar-refractivity contribution in [2.24, 2.45) is 0 Å². The van der Waals surface area contributed by atoms with Crippen LogP contribution in [0.25, 0.3) is 0 Å². The molecule has 0 aromatic heterocycles. The Morgan fingerprint density at radius 3 is 2.25 bits per heavy atom. The van der Waals surface area contributed by atoms with Gasteiger partial charge in [-0.25, -0.2) is 8.42 Å². The molecule has 2 aromatic carbocycles. The van der Waals surface area contributed by atoms with Crippen LogP contribution in [0.1, 0.15) is 5.56 Å². The van der Waals surface area contributed by atoms with Crippen LogP contribution in [0.5, 0.6) is 0 Å². The van der Waals surface area contributed by atoms with Crippen molar-refractivity contribution in [3.8, 4) is 6.07 Å². The summed E-state index contributed by atoms with van der Waals surface area (Å²) in [5, 5.41) is 9.48. The van der Waals surface area contributed by atoms with E-state index in [1.165, 1.54) is 28.6 Å². The number of benzene rings is 2. The molecule has 1 aliphatic heterocycles. The van der Waals surface area contributed by atoms with E-state index in [0.717, 1.165) is 5.69 Å². The molecule has 124 valence electrons. The van der Waals surface area contributed by atoms with Gasteiger partial charge in [0.05, 0.1) is 16.5 Å². The monoisotopic (exact) mass is 361 g/mol. The predicted octanol–water partition coefficient (Wildman–Crippen LogP) is 2.72. The second-order valence-corrected chi connectivity index (χ2v) is 7.88. The number of rotatable bonds is 3. The first-order chi connectivity index (χ1) is 11.5. The van der Waals surface area contributed by atoms with Gasteiger partial charge in [0.1, 0.15) is 0 Å². The van der Waals surface area contributed by atoms with E-state index >= 15 is 0 Å². The highest BCUT2D eigenvalue weighted by Gasteiger charge is 2.28. The van der Waals surface area contributed by atoms with E-state index in [9.17, 15) is 8.42 Å². The third-order valence-electron chi connectivity index (χ3n) is 4.03. The number of halogens is 1. The molecule has 0 spiro atoms. The second-order valence-electron chi connectivity index (χ2n) is 5.51. The van der Waals surface area contributed by atoms with Gasteiger partial charge in [0.15, 0.2) is 0 Å². The molecule has 0 N–H and O–H groups in total. The minimum Gasteiger partial charge on any atom is -0.369 e. The van der Waals surface area contributed by atoms with Crippen LogP contribution in [0.4, 0.5) is 5.69 Å². The first kappa shape index (κ1) is 16.8. The maximum atomic E-state index is 12.7. The number of anilines is 1. The molecule has 2 aromatic rings. The minimum absolute atomic E-state index is 0.220. The highest BCUT2D eigenvalue weighted by atomic mass is 35.5. The van der Waals surface area contributed by atoms with Gasteiger partial charge in [0, 0.05) is 36.9 Å². The standard InChI is InChI=1S/C17H16ClN3O2S/c18-15-2-1-3-16(12-15)20-8-10-21(11-9-20)24(22,23)17-6-4-14(13-19)5-7-17/h1-7,12H,8-11H2. The number of nitrogens with zero attached hydrogens (tertiary/aromatic N) is 3. The Morgan fingerprint density at radius 1 is 1.00 bits per heavy atom. The third kappa shape index (κ3) is 3.39. The molecule has 0 unspecified atom stereocenters. The topological polar surface area (TPSA) is 64.4 Å². The lowest BCUT2D eigenvalue weighted by molar-refractivity contribution is 0.385. The van der Waals surface area contributed by atoms with Crippen molar-refractivity contribution in [1.29, 1.82) is 5.26 Å². The van der Waals surface area contributed by atoms with Crippen molar-refractivity contribution in [2.75, 3.05) is 31.1 Å². The van der Waals surface area contributed by atoms with Crippen molar-refractivity contribution >= 4 is 27.3 Å². The fourth-order valence-electron chi connectivity index (χ4n) is 2.71. The molecule has 3 rings (SSSR count). The first-order valence-corrected chi connectivity index (χ1v) is 9.33. The molecule has 0 atom stereocenters. The average molecular weight is 362 g/mol. The molecule has 5 nitrogen and oxygen atoms in total. The van der Waals surface area contributed by atoms with Gasteiger partial charge in [-0.15, -0.1) is 0 Å². The molecule has 1 fully saturated rings. The summed E-state index contributed by atoms with van der Waals surface area (Å²) in [7, 11) is -3.53. The summed E-state index contributed by atoms with van der Waals surface area (Å²) in [5.74, 6) is 0. The SMILES string of the molecule is N#Cc1ccc(S(=O)(=O)N2CCN(c3cccc(Cl)c3)CC2)cc1. The van der Waals surface area contributed by atoms with Crippen LogP contribution in [0.2, 0.25) is 5.02 Å². The lowest BCUT2D eigenvalue weighted by Gasteiger charge is -2.35. The Labute approximate surface area is 146 Å². The van der Waals surface area contributed by atoms with Crippen molar-refractivity contribution in [1.82, 2.24) is 4.31 Å². The normalized spacial score (nSPS) is 15.9. The summed E-state index contributed by atoms with van der Waals surface area (Å²) < 4.78 is 26.9. The molecule has 24 heavy (non-hydrogen) atoms. The summed E-state index contributed by atoms with van der Waals surface area (Å²) in [6.45, 7) is 2.04. The van der Waals surface area contributed by atoms with Crippen molar-refractivity contribution < 1.29 is 8.42 Å². The molecular weight excluding hydrogens is 346 g/mol. The van der Waals surface area contributed by atoms with Gasteiger partial charge in [-0.1, -0.05) is 17.7 Å². The number of sulfonamides is 1. The van der Waals surface area contributed by atoms with Crippen LogP contribution in [-0.4, -0.2) is 38.9 Å². The van der Waals surface area contributed by atoms with Gasteiger partial charge in [-0.3, -0.25) is 0 Å². The quantitative estimate of drug-likeness (QED) is 0.843. The molecule has 7 heteroatoms. The fraction of sp³-hybridized carbons (Fsp3) is 0.235. The summed E-state index contributed by atoms with van der Waals surface area (Å²) in [6, 6.07) is 15.6. The van der Waals surface area contributed by atoms with Gasteiger partial charge in [0.2, 0.25) is 10.0 Å². The zero-order chi connectivity index (χ0) is 17.2. The van der Waals surface area contributed by atoms with Crippen molar-refractivity contribution in [2.45, 2.75) is 4.90 Å². The molecule has 0 saturated carbocycles. The highest BCUT2D eigenvalue weighted by molar-refractivity contribution is 7.89. The van der Waals surface area contributed by atoms with Gasteiger partial charge in [-0.2, -0.15) is 9.57 Å². The summed E-state index contributed by atoms with van der Waals surface area (Å²) in [4.78, 5) is 2.34. The van der Waals surface area contributed by atoms with Gasteiger partial charge in [0.25, 0.3) is 0 Å². The van der Waals surface area contributed by atoms with E-state index in [-0.39, 0.29) is 4.90 Å². The Bertz CT molecular complexity index is 867. The van der Waals surface area contributed by atoms with E-state index in [4.69, 9.17) is 16.9 Å². The lowest BCUT2D eigenvalue weighted by atomic mass is 10.2. The Morgan fingerprint density at radius 2 is 1.67 bits per heavy atom. The highest BCUT2D eigenvalue weighted by Crippen LogP contribution is 2.23. The second kappa shape index (κ2) is 6.81. The third-order valence-corrected chi connectivity index (χ3v) is 6.18. The van der Waals surface area contributed by atoms with E-state index in [1.807, 2.05) is 30.3 Å². The molecular formula is C17H16ClN3O2S. The van der Waals surface area contributed by atoms with Crippen molar-refractivity contribution in [3.63, 3.8) is 0 Å². The van der Waals surface area contributed by atoms with Crippen LogP contribution in [0.3, 0.4) is 0 Å². The number of nitriles is 1. The molecule has 0 bridgehead atoms. The zero-order valence-electron chi connectivity index (χ0n) is 12.9. The molecule has 0 amide bonds. The maximum absolute atomic E-state index is 12.7. The average Bonchev–Trinajstić information content (AvgIpc) is 2.62. The summed E-state index contributed by atoms with van der Waals surface area (Å²) in [5.41, 5.74) is 1.44. The number of piperazine rings is 1. The summed E-state index contributed by atoms with van der Waals surface area (Å²) in [6.07, 6.45) is 0. The van der Waals surface area contributed by atoms with Crippen LogP contribution >= 0.6 is 11.6 Å². The van der Waals surface area contributed by atoms with Crippen LogP contribution in [0, 0.1) is 11.3 Å². The molecule has 1 heterocycles. The molecule has 0 aliphatic carbocycles. The van der Waals surface area contributed by atoms with E-state index in [0.29, 0.717) is 36.8 Å². The number of hydrogen-bond acceptors (Lipinski definition) is 4. The largest absolute Gasteiger partial charge is 0.369 e. The Hall–Kier alpha value is -2.07. The predicted molar refractivity (Wildman–Crippen MR) is 93.6 cm³/mol. The van der Waals surface area contributed by atoms with Crippen molar-refractivity contribution in [3.05, 3.63) is 59.1 Å². The van der Waals surface area contributed by atoms with E-state index < -0.39 is 10.0 Å². The maximum Gasteiger partial charge on any atom is 0.243 e. The zero-order valence-corrected chi connectivity index (χ0v) is 14.5. The first-order valence-electron chi connectivity index (χ1n) is 7.51. The fourth-order valence-corrected chi connectivity index (χ4v) is 4.32. The van der Waals surface area contributed by atoms with E-state index in [1.54, 1.807) is 0 Å². The Balaban J connectivity index is 1.72. The minimum atomic E-state index is -3.53. The molecule has 0 radical (unpaired) electrons. The van der Waals surface area contributed by atoms with Gasteiger partial charge >= 0.3 is 0 Å². The molecule has 1 aliphatic rings. The smallest absolute Gasteiger partial charge is 0.243 e.